The van der Waals surface area contributed by atoms with Crippen LogP contribution >= 0.6 is 0 Å². The average molecular weight is 386 g/mol. The van der Waals surface area contributed by atoms with Crippen molar-refractivity contribution in [3.8, 4) is 22.6 Å². The molecule has 3 aromatic carbocycles. The Morgan fingerprint density at radius 2 is 1.43 bits per heavy atom. The van der Waals surface area contributed by atoms with Gasteiger partial charge in [-0.25, -0.2) is 4.39 Å². The van der Waals surface area contributed by atoms with Gasteiger partial charge < -0.3 is 9.47 Å². The average Bonchev–Trinajstić information content (AvgIpc) is 2.68. The summed E-state index contributed by atoms with van der Waals surface area (Å²) in [6.07, 6.45) is -4.17. The van der Waals surface area contributed by atoms with Gasteiger partial charge in [-0.3, -0.25) is 0 Å². The minimum Gasteiger partial charge on any atom is -0.497 e. The first-order valence-electron chi connectivity index (χ1n) is 8.93. The summed E-state index contributed by atoms with van der Waals surface area (Å²) < 4.78 is 52.4. The molecule has 0 radical (unpaired) electrons. The van der Waals surface area contributed by atoms with Crippen LogP contribution in [0, 0.1) is 12.7 Å². The van der Waals surface area contributed by atoms with Gasteiger partial charge in [0.1, 0.15) is 17.3 Å². The topological polar surface area (TPSA) is 18.5 Å². The van der Waals surface area contributed by atoms with E-state index >= 15 is 0 Å². The second-order valence-corrected chi connectivity index (χ2v) is 6.59. The van der Waals surface area contributed by atoms with E-state index in [1.54, 1.807) is 12.1 Å². The zero-order chi connectivity index (χ0) is 20.1. The predicted octanol–water partition coefficient (Wildman–Crippen LogP) is 6.41. The molecule has 0 N–H and O–H groups in total. The SMILES string of the molecule is COc1ccc(OC(F)(F)CCc2ccc(-c3ccc(C)cc3)cc2F)cc1. The molecule has 0 aliphatic heterocycles. The van der Waals surface area contributed by atoms with Crippen molar-refractivity contribution in [1.29, 1.82) is 0 Å². The molecule has 0 aromatic heterocycles. The molecule has 28 heavy (non-hydrogen) atoms. The first-order chi connectivity index (χ1) is 13.4. The van der Waals surface area contributed by atoms with Crippen LogP contribution in [0.5, 0.6) is 11.5 Å². The summed E-state index contributed by atoms with van der Waals surface area (Å²) in [5.41, 5.74) is 2.93. The van der Waals surface area contributed by atoms with Gasteiger partial charge in [0, 0.05) is 0 Å². The Morgan fingerprint density at radius 1 is 0.821 bits per heavy atom. The lowest BCUT2D eigenvalue weighted by molar-refractivity contribution is -0.180. The van der Waals surface area contributed by atoms with Crippen LogP contribution in [0.1, 0.15) is 17.5 Å². The first-order valence-corrected chi connectivity index (χ1v) is 8.93. The Balaban J connectivity index is 1.64. The first kappa shape index (κ1) is 19.8. The molecule has 0 unspecified atom stereocenters. The van der Waals surface area contributed by atoms with Crippen molar-refractivity contribution in [1.82, 2.24) is 0 Å². The molecule has 0 saturated carbocycles. The Kier molecular flexibility index (Phi) is 5.93. The van der Waals surface area contributed by atoms with E-state index in [9.17, 15) is 13.2 Å². The molecule has 5 heteroatoms. The van der Waals surface area contributed by atoms with Crippen molar-refractivity contribution >= 4 is 0 Å². The van der Waals surface area contributed by atoms with Crippen LogP contribution in [0.3, 0.4) is 0 Å². The molecule has 0 spiro atoms. The van der Waals surface area contributed by atoms with Crippen molar-refractivity contribution in [2.24, 2.45) is 0 Å². The fourth-order valence-electron chi connectivity index (χ4n) is 2.82. The minimum atomic E-state index is -3.41. The molecule has 0 fully saturated rings. The molecule has 0 saturated heterocycles. The lowest BCUT2D eigenvalue weighted by Crippen LogP contribution is -2.25. The van der Waals surface area contributed by atoms with Crippen LogP contribution in [-0.2, 0) is 6.42 Å². The number of aryl methyl sites for hydroxylation is 2. The molecule has 0 atom stereocenters. The highest BCUT2D eigenvalue weighted by molar-refractivity contribution is 5.64. The van der Waals surface area contributed by atoms with Crippen molar-refractivity contribution < 1.29 is 22.6 Å². The largest absolute Gasteiger partial charge is 0.497 e. The van der Waals surface area contributed by atoms with Crippen molar-refractivity contribution in [3.63, 3.8) is 0 Å². The Bertz CT molecular complexity index is 920. The summed E-state index contributed by atoms with van der Waals surface area (Å²) in [6.45, 7) is 1.97. The fraction of sp³-hybridized carbons (Fsp3) is 0.217. The number of rotatable bonds is 7. The number of hydrogen-bond acceptors (Lipinski definition) is 2. The van der Waals surface area contributed by atoms with E-state index in [0.717, 1.165) is 11.1 Å². The highest BCUT2D eigenvalue weighted by atomic mass is 19.3. The third-order valence-electron chi connectivity index (χ3n) is 4.45. The predicted molar refractivity (Wildman–Crippen MR) is 103 cm³/mol. The van der Waals surface area contributed by atoms with Gasteiger partial charge in [-0.15, -0.1) is 0 Å². The number of ether oxygens (including phenoxy) is 2. The molecule has 0 heterocycles. The zero-order valence-corrected chi connectivity index (χ0v) is 15.7. The van der Waals surface area contributed by atoms with Gasteiger partial charge in [-0.2, -0.15) is 8.78 Å². The third kappa shape index (κ3) is 5.06. The second-order valence-electron chi connectivity index (χ2n) is 6.59. The molecule has 0 aliphatic rings. The Labute approximate surface area is 162 Å². The van der Waals surface area contributed by atoms with Gasteiger partial charge in [0.15, 0.2) is 0 Å². The maximum atomic E-state index is 14.4. The molecular formula is C23H21F3O2. The maximum Gasteiger partial charge on any atom is 0.398 e. The van der Waals surface area contributed by atoms with Crippen LogP contribution in [0.15, 0.2) is 66.7 Å². The molecule has 0 aliphatic carbocycles. The molecule has 0 amide bonds. The smallest absolute Gasteiger partial charge is 0.398 e. The van der Waals surface area contributed by atoms with E-state index in [1.807, 2.05) is 31.2 Å². The zero-order valence-electron chi connectivity index (χ0n) is 15.7. The summed E-state index contributed by atoms with van der Waals surface area (Å²) in [6, 6.07) is 18.2. The van der Waals surface area contributed by atoms with Crippen molar-refractivity contribution in [3.05, 3.63) is 83.7 Å². The minimum absolute atomic E-state index is 0.0287. The van der Waals surface area contributed by atoms with Gasteiger partial charge in [-0.1, -0.05) is 42.0 Å². The van der Waals surface area contributed by atoms with Gasteiger partial charge in [0.05, 0.1) is 13.5 Å². The monoisotopic (exact) mass is 386 g/mol. The lowest BCUT2D eigenvalue weighted by atomic mass is 10.0. The molecule has 3 aromatic rings. The van der Waals surface area contributed by atoms with E-state index in [4.69, 9.17) is 9.47 Å². The molecule has 3 rings (SSSR count). The van der Waals surface area contributed by atoms with Crippen LogP contribution in [-0.4, -0.2) is 13.2 Å². The Hall–Kier alpha value is -2.95. The van der Waals surface area contributed by atoms with Gasteiger partial charge in [0.2, 0.25) is 0 Å². The standard InChI is InChI=1S/C23H21F3O2/c1-16-3-5-17(6-4-16)19-8-7-18(22(24)15-19)13-14-23(25,26)28-21-11-9-20(27-2)10-12-21/h3-12,15H,13-14H2,1-2H3. The van der Waals surface area contributed by atoms with E-state index in [-0.39, 0.29) is 17.7 Å². The van der Waals surface area contributed by atoms with E-state index in [1.165, 1.54) is 37.4 Å². The maximum absolute atomic E-state index is 14.4. The van der Waals surface area contributed by atoms with E-state index < -0.39 is 18.3 Å². The van der Waals surface area contributed by atoms with Gasteiger partial charge >= 0.3 is 6.11 Å². The quantitative estimate of drug-likeness (QED) is 0.467. The summed E-state index contributed by atoms with van der Waals surface area (Å²) in [5, 5.41) is 0. The van der Waals surface area contributed by atoms with Crippen molar-refractivity contribution in [2.45, 2.75) is 25.9 Å². The number of alkyl halides is 2. The van der Waals surface area contributed by atoms with Crippen molar-refractivity contribution in [2.75, 3.05) is 7.11 Å². The number of halogens is 3. The lowest BCUT2D eigenvalue weighted by Gasteiger charge is -2.18. The van der Waals surface area contributed by atoms with E-state index in [2.05, 4.69) is 0 Å². The summed E-state index contributed by atoms with van der Waals surface area (Å²) in [4.78, 5) is 0. The van der Waals surface area contributed by atoms with Crippen LogP contribution in [0.2, 0.25) is 0 Å². The molecule has 2 nitrogen and oxygen atoms in total. The summed E-state index contributed by atoms with van der Waals surface area (Å²) in [7, 11) is 1.49. The van der Waals surface area contributed by atoms with Crippen LogP contribution in [0.25, 0.3) is 11.1 Å². The second kappa shape index (κ2) is 8.38. The number of benzene rings is 3. The number of methoxy groups -OCH3 is 1. The highest BCUT2D eigenvalue weighted by Crippen LogP contribution is 2.29. The molecular weight excluding hydrogens is 365 g/mol. The summed E-state index contributed by atoms with van der Waals surface area (Å²) >= 11 is 0. The highest BCUT2D eigenvalue weighted by Gasteiger charge is 2.31. The van der Waals surface area contributed by atoms with Gasteiger partial charge in [-0.05, 0) is 60.4 Å². The normalized spacial score (nSPS) is 11.3. The van der Waals surface area contributed by atoms with Crippen LogP contribution in [0.4, 0.5) is 13.2 Å². The van der Waals surface area contributed by atoms with Crippen LogP contribution < -0.4 is 9.47 Å². The Morgan fingerprint density at radius 3 is 2.04 bits per heavy atom. The molecule has 0 bridgehead atoms. The fourth-order valence-corrected chi connectivity index (χ4v) is 2.82. The summed E-state index contributed by atoms with van der Waals surface area (Å²) in [5.74, 6) is 0.0747. The third-order valence-corrected chi connectivity index (χ3v) is 4.45. The molecule has 146 valence electrons. The number of hydrogen-bond donors (Lipinski definition) is 0. The van der Waals surface area contributed by atoms with E-state index in [0.29, 0.717) is 11.3 Å². The van der Waals surface area contributed by atoms with Gasteiger partial charge in [0.25, 0.3) is 0 Å².